The summed E-state index contributed by atoms with van der Waals surface area (Å²) in [5.74, 6) is -1.32. The van der Waals surface area contributed by atoms with E-state index in [1.54, 1.807) is 13.0 Å². The summed E-state index contributed by atoms with van der Waals surface area (Å²) >= 11 is 0. The molecule has 0 heterocycles. The van der Waals surface area contributed by atoms with Crippen molar-refractivity contribution in [1.82, 2.24) is 0 Å². The van der Waals surface area contributed by atoms with Crippen LogP contribution in [0.1, 0.15) is 13.3 Å². The summed E-state index contributed by atoms with van der Waals surface area (Å²) in [6.07, 6.45) is -0.348. The quantitative estimate of drug-likeness (QED) is 0.556. The average Bonchev–Trinajstić information content (AvgIpc) is 2.02. The molecule has 0 aliphatic heterocycles. The highest BCUT2D eigenvalue weighted by molar-refractivity contribution is 5.77. The van der Waals surface area contributed by atoms with Crippen molar-refractivity contribution in [1.29, 1.82) is 5.26 Å². The Morgan fingerprint density at radius 2 is 2.00 bits per heavy atom. The van der Waals surface area contributed by atoms with Crippen LogP contribution in [0.2, 0.25) is 0 Å². The van der Waals surface area contributed by atoms with Crippen molar-refractivity contribution in [2.75, 3.05) is 13.2 Å². The van der Waals surface area contributed by atoms with Crippen LogP contribution in [0.25, 0.3) is 0 Å². The molecule has 0 unspecified atom stereocenters. The van der Waals surface area contributed by atoms with Crippen LogP contribution in [0.3, 0.4) is 0 Å². The molecular weight excluding hydrogens is 162 g/mol. The molecule has 0 saturated carbocycles. The number of rotatable bonds is 4. The monoisotopic (exact) mass is 171 g/mol. The molecule has 5 nitrogen and oxygen atoms in total. The standard InChI is InChI=1S/C7H9NO4/c1-2-11-7(10)5-12-6(9)3-4-8/h2-3,5H2,1H3. The first-order chi connectivity index (χ1) is 5.70. The Morgan fingerprint density at radius 1 is 1.33 bits per heavy atom. The number of nitrogens with zero attached hydrogens (tertiary/aromatic N) is 1. The second kappa shape index (κ2) is 6.16. The van der Waals surface area contributed by atoms with Crippen molar-refractivity contribution in [3.05, 3.63) is 0 Å². The molecule has 66 valence electrons. The van der Waals surface area contributed by atoms with E-state index in [2.05, 4.69) is 9.47 Å². The van der Waals surface area contributed by atoms with E-state index >= 15 is 0 Å². The average molecular weight is 171 g/mol. The Bertz CT molecular complexity index is 206. The molecule has 0 aliphatic carbocycles. The van der Waals surface area contributed by atoms with Gasteiger partial charge in [0, 0.05) is 0 Å². The third-order valence-corrected chi connectivity index (χ3v) is 0.880. The third-order valence-electron chi connectivity index (χ3n) is 0.880. The third kappa shape index (κ3) is 5.23. The molecule has 0 aliphatic rings. The molecule has 12 heavy (non-hydrogen) atoms. The van der Waals surface area contributed by atoms with Crippen molar-refractivity contribution in [3.63, 3.8) is 0 Å². The first-order valence-electron chi connectivity index (χ1n) is 3.39. The van der Waals surface area contributed by atoms with Crippen LogP contribution < -0.4 is 0 Å². The number of hydrogen-bond acceptors (Lipinski definition) is 5. The highest BCUT2D eigenvalue weighted by atomic mass is 16.6. The molecule has 0 bridgehead atoms. The van der Waals surface area contributed by atoms with Crippen LogP contribution >= 0.6 is 0 Å². The summed E-state index contributed by atoms with van der Waals surface area (Å²) in [4.78, 5) is 21.1. The Morgan fingerprint density at radius 3 is 2.50 bits per heavy atom. The minimum atomic E-state index is -0.717. The first kappa shape index (κ1) is 10.4. The van der Waals surface area contributed by atoms with Gasteiger partial charge in [-0.3, -0.25) is 4.79 Å². The molecule has 0 amide bonds. The van der Waals surface area contributed by atoms with E-state index in [1.165, 1.54) is 0 Å². The number of carbonyl (C=O) groups is 2. The van der Waals surface area contributed by atoms with E-state index < -0.39 is 18.5 Å². The fourth-order valence-corrected chi connectivity index (χ4v) is 0.458. The minimum absolute atomic E-state index is 0.245. The molecule has 0 N–H and O–H groups in total. The maximum Gasteiger partial charge on any atom is 0.344 e. The number of nitriles is 1. The van der Waals surface area contributed by atoms with Crippen LogP contribution in [0.15, 0.2) is 0 Å². The molecule has 0 aromatic heterocycles. The van der Waals surface area contributed by atoms with E-state index in [0.29, 0.717) is 0 Å². The first-order valence-corrected chi connectivity index (χ1v) is 3.39. The predicted molar refractivity (Wildman–Crippen MR) is 37.8 cm³/mol. The zero-order chi connectivity index (χ0) is 9.40. The van der Waals surface area contributed by atoms with E-state index in [9.17, 15) is 9.59 Å². The van der Waals surface area contributed by atoms with Gasteiger partial charge in [0.25, 0.3) is 0 Å². The molecule has 0 aromatic carbocycles. The highest BCUT2D eigenvalue weighted by Crippen LogP contribution is 1.86. The van der Waals surface area contributed by atoms with Gasteiger partial charge in [-0.2, -0.15) is 5.26 Å². The lowest BCUT2D eigenvalue weighted by Gasteiger charge is -2.01. The predicted octanol–water partition coefficient (Wildman–Crippen LogP) is 0.00638. The highest BCUT2D eigenvalue weighted by Gasteiger charge is 2.06. The Kier molecular flexibility index (Phi) is 5.35. The summed E-state index contributed by atoms with van der Waals surface area (Å²) < 4.78 is 8.83. The molecule has 0 fully saturated rings. The van der Waals surface area contributed by atoms with Crippen molar-refractivity contribution in [2.45, 2.75) is 13.3 Å². The van der Waals surface area contributed by atoms with Gasteiger partial charge in [0.05, 0.1) is 12.7 Å². The number of ether oxygens (including phenoxy) is 2. The van der Waals surface area contributed by atoms with E-state index in [-0.39, 0.29) is 13.0 Å². The van der Waals surface area contributed by atoms with Crippen molar-refractivity contribution in [3.8, 4) is 6.07 Å². The fourth-order valence-electron chi connectivity index (χ4n) is 0.458. The van der Waals surface area contributed by atoms with Crippen molar-refractivity contribution in [2.24, 2.45) is 0 Å². The Balaban J connectivity index is 3.48. The largest absolute Gasteiger partial charge is 0.463 e. The summed E-state index contributed by atoms with van der Waals surface area (Å²) in [7, 11) is 0. The number of esters is 2. The molecule has 0 spiro atoms. The van der Waals surface area contributed by atoms with Gasteiger partial charge in [0.15, 0.2) is 6.61 Å². The molecule has 0 rings (SSSR count). The molecule has 0 saturated heterocycles. The van der Waals surface area contributed by atoms with Crippen LogP contribution in [0, 0.1) is 11.3 Å². The number of hydrogen-bond donors (Lipinski definition) is 0. The maximum atomic E-state index is 10.6. The summed E-state index contributed by atoms with van der Waals surface area (Å²) in [5.41, 5.74) is 0. The van der Waals surface area contributed by atoms with Gasteiger partial charge in [-0.05, 0) is 6.92 Å². The van der Waals surface area contributed by atoms with Crippen LogP contribution in [-0.2, 0) is 19.1 Å². The molecular formula is C7H9NO4. The summed E-state index contributed by atoms with van der Waals surface area (Å²) in [5, 5.41) is 8.04. The smallest absolute Gasteiger partial charge is 0.344 e. The Labute approximate surface area is 69.9 Å². The van der Waals surface area contributed by atoms with Crippen LogP contribution in [0.4, 0.5) is 0 Å². The van der Waals surface area contributed by atoms with Gasteiger partial charge in [-0.15, -0.1) is 0 Å². The molecule has 5 heteroatoms. The lowest BCUT2D eigenvalue weighted by Crippen LogP contribution is -2.15. The fraction of sp³-hybridized carbons (Fsp3) is 0.571. The van der Waals surface area contributed by atoms with Crippen molar-refractivity contribution >= 4 is 11.9 Å². The molecule has 0 aromatic rings. The lowest BCUT2D eigenvalue weighted by molar-refractivity contribution is -0.157. The Hall–Kier alpha value is -1.57. The second-order valence-electron chi connectivity index (χ2n) is 1.80. The van der Waals surface area contributed by atoms with Crippen LogP contribution in [-0.4, -0.2) is 25.2 Å². The van der Waals surface area contributed by atoms with Gasteiger partial charge >= 0.3 is 11.9 Å². The van der Waals surface area contributed by atoms with Gasteiger partial charge in [0.1, 0.15) is 6.42 Å². The summed E-state index contributed by atoms with van der Waals surface area (Å²) in [6.45, 7) is 1.47. The zero-order valence-corrected chi connectivity index (χ0v) is 6.70. The van der Waals surface area contributed by atoms with Gasteiger partial charge in [0.2, 0.25) is 0 Å². The van der Waals surface area contributed by atoms with Gasteiger partial charge in [-0.1, -0.05) is 0 Å². The second-order valence-corrected chi connectivity index (χ2v) is 1.80. The maximum absolute atomic E-state index is 10.6. The van der Waals surface area contributed by atoms with E-state index in [1.807, 2.05) is 0 Å². The lowest BCUT2D eigenvalue weighted by atomic mass is 10.5. The van der Waals surface area contributed by atoms with Gasteiger partial charge < -0.3 is 9.47 Å². The number of carbonyl (C=O) groups excluding carboxylic acids is 2. The molecule has 0 atom stereocenters. The van der Waals surface area contributed by atoms with E-state index in [4.69, 9.17) is 5.26 Å². The minimum Gasteiger partial charge on any atom is -0.463 e. The van der Waals surface area contributed by atoms with E-state index in [0.717, 1.165) is 0 Å². The van der Waals surface area contributed by atoms with Crippen molar-refractivity contribution < 1.29 is 19.1 Å². The molecule has 0 radical (unpaired) electrons. The zero-order valence-electron chi connectivity index (χ0n) is 6.70. The topological polar surface area (TPSA) is 76.4 Å². The van der Waals surface area contributed by atoms with Crippen LogP contribution in [0.5, 0.6) is 0 Å². The SMILES string of the molecule is CCOC(=O)COC(=O)CC#N. The van der Waals surface area contributed by atoms with Gasteiger partial charge in [-0.25, -0.2) is 4.79 Å². The normalized spacial score (nSPS) is 8.33. The summed E-state index contributed by atoms with van der Waals surface area (Å²) in [6, 6.07) is 1.60.